The van der Waals surface area contributed by atoms with Crippen LogP contribution in [0, 0.1) is 5.82 Å². The molecule has 0 spiro atoms. The predicted octanol–water partition coefficient (Wildman–Crippen LogP) is 2.36. The number of rotatable bonds is 6. The van der Waals surface area contributed by atoms with Gasteiger partial charge >= 0.3 is 0 Å². The molecule has 3 aromatic rings. The predicted molar refractivity (Wildman–Crippen MR) is 96.4 cm³/mol. The van der Waals surface area contributed by atoms with E-state index in [1.165, 1.54) is 11.3 Å². The number of anilines is 1. The molecule has 2 N–H and O–H groups in total. The number of amides is 1. The number of ether oxygens (including phenoxy) is 1. The summed E-state index contributed by atoms with van der Waals surface area (Å²) in [6.45, 7) is 0. The molecule has 1 heterocycles. The molecule has 0 radical (unpaired) electrons. The highest BCUT2D eigenvalue weighted by atomic mass is 32.2. The molecule has 1 amide bonds. The monoisotopic (exact) mass is 395 g/mol. The molecule has 0 saturated carbocycles. The van der Waals surface area contributed by atoms with Gasteiger partial charge in [0.05, 0.1) is 22.2 Å². The number of nitrogens with one attached hydrogen (secondary N) is 2. The minimum absolute atomic E-state index is 0.124. The number of methoxy groups -OCH3 is 1. The number of thiazole rings is 1. The first-order valence-electron chi connectivity index (χ1n) is 7.35. The molecular formula is C16H14FN3O4S2. The van der Waals surface area contributed by atoms with Crippen molar-refractivity contribution in [2.75, 3.05) is 18.3 Å². The summed E-state index contributed by atoms with van der Waals surface area (Å²) in [5.74, 6) is -1.40. The molecule has 26 heavy (non-hydrogen) atoms. The van der Waals surface area contributed by atoms with Crippen LogP contribution in [0.1, 0.15) is 0 Å². The lowest BCUT2D eigenvalue weighted by atomic mass is 10.3. The number of hydrogen-bond donors (Lipinski definition) is 2. The van der Waals surface area contributed by atoms with Crippen molar-refractivity contribution in [1.29, 1.82) is 0 Å². The van der Waals surface area contributed by atoms with Gasteiger partial charge in [0.25, 0.3) is 5.91 Å². The van der Waals surface area contributed by atoms with E-state index in [2.05, 4.69) is 15.8 Å². The van der Waals surface area contributed by atoms with Crippen LogP contribution in [0.15, 0.2) is 47.4 Å². The second kappa shape index (κ2) is 7.26. The van der Waals surface area contributed by atoms with Crippen molar-refractivity contribution in [2.45, 2.75) is 4.90 Å². The summed E-state index contributed by atoms with van der Waals surface area (Å²) >= 11 is 1.28. The zero-order chi connectivity index (χ0) is 18.7. The molecule has 0 aliphatic carbocycles. The van der Waals surface area contributed by atoms with Crippen LogP contribution in [0.4, 0.5) is 9.52 Å². The van der Waals surface area contributed by atoms with E-state index < -0.39 is 27.3 Å². The number of carbonyl (C=O) groups excluding carboxylic acids is 1. The van der Waals surface area contributed by atoms with Crippen LogP contribution in [0.2, 0.25) is 0 Å². The fourth-order valence-electron chi connectivity index (χ4n) is 2.14. The summed E-state index contributed by atoms with van der Waals surface area (Å²) in [6, 6.07) is 9.63. The number of aromatic nitrogens is 1. The van der Waals surface area contributed by atoms with Gasteiger partial charge in [-0.05, 0) is 42.5 Å². The molecule has 0 atom stereocenters. The lowest BCUT2D eigenvalue weighted by molar-refractivity contribution is -0.118. The van der Waals surface area contributed by atoms with E-state index in [9.17, 15) is 17.6 Å². The maximum absolute atomic E-state index is 12.9. The highest BCUT2D eigenvalue weighted by Crippen LogP contribution is 2.28. The van der Waals surface area contributed by atoms with Crippen LogP contribution in [0.5, 0.6) is 5.75 Å². The number of hydrogen-bond acceptors (Lipinski definition) is 7. The third kappa shape index (κ3) is 4.09. The number of carbonyl (C=O) groups is 1. The Morgan fingerprint density at radius 2 is 1.96 bits per heavy atom. The second-order valence-corrected chi connectivity index (χ2v) is 8.26. The maximum Gasteiger partial charge on any atom is 0.253 e. The van der Waals surface area contributed by atoms with Crippen LogP contribution in [0.3, 0.4) is 0 Å². The first-order chi connectivity index (χ1) is 12.4. The summed E-state index contributed by atoms with van der Waals surface area (Å²) in [5.41, 5.74) is 5.61. The summed E-state index contributed by atoms with van der Waals surface area (Å²) < 4.78 is 43.1. The van der Waals surface area contributed by atoms with Crippen LogP contribution in [-0.2, 0) is 14.6 Å². The van der Waals surface area contributed by atoms with Gasteiger partial charge in [0, 0.05) is 0 Å². The molecule has 3 rings (SSSR count). The van der Waals surface area contributed by atoms with Crippen molar-refractivity contribution in [3.63, 3.8) is 0 Å². The lowest BCUT2D eigenvalue weighted by Gasteiger charge is -2.06. The van der Waals surface area contributed by atoms with Gasteiger partial charge in [0.2, 0.25) is 5.13 Å². The van der Waals surface area contributed by atoms with Gasteiger partial charge in [-0.3, -0.25) is 15.6 Å². The Bertz CT molecular complexity index is 1050. The number of fused-ring (bicyclic) bond motifs is 1. The number of sulfone groups is 1. The third-order valence-electron chi connectivity index (χ3n) is 3.40. The van der Waals surface area contributed by atoms with E-state index in [4.69, 9.17) is 4.74 Å². The molecule has 0 aliphatic rings. The van der Waals surface area contributed by atoms with Gasteiger partial charge in [-0.1, -0.05) is 11.3 Å². The smallest absolute Gasteiger partial charge is 0.253 e. The van der Waals surface area contributed by atoms with E-state index in [1.807, 2.05) is 0 Å². The number of benzene rings is 2. The Labute approximate surface area is 152 Å². The minimum Gasteiger partial charge on any atom is -0.497 e. The number of nitrogens with zero attached hydrogens (tertiary/aromatic N) is 1. The van der Waals surface area contributed by atoms with Gasteiger partial charge in [-0.25, -0.2) is 17.8 Å². The molecule has 0 fully saturated rings. The SMILES string of the molecule is COc1ccc2nc(NNC(=O)CS(=O)(=O)c3ccc(F)cc3)sc2c1. The summed E-state index contributed by atoms with van der Waals surface area (Å²) in [7, 11) is -2.31. The Morgan fingerprint density at radius 3 is 2.65 bits per heavy atom. The first-order valence-corrected chi connectivity index (χ1v) is 9.82. The lowest BCUT2D eigenvalue weighted by Crippen LogP contribution is -2.34. The van der Waals surface area contributed by atoms with Crippen LogP contribution in [-0.4, -0.2) is 32.2 Å². The van der Waals surface area contributed by atoms with Crippen LogP contribution in [0.25, 0.3) is 10.2 Å². The molecule has 7 nitrogen and oxygen atoms in total. The molecule has 10 heteroatoms. The van der Waals surface area contributed by atoms with Crippen molar-refractivity contribution in [3.8, 4) is 5.75 Å². The minimum atomic E-state index is -3.87. The molecule has 0 unspecified atom stereocenters. The molecular weight excluding hydrogens is 381 g/mol. The second-order valence-electron chi connectivity index (χ2n) is 5.24. The Kier molecular flexibility index (Phi) is 5.05. The maximum atomic E-state index is 12.9. The van der Waals surface area contributed by atoms with E-state index >= 15 is 0 Å². The van der Waals surface area contributed by atoms with Crippen molar-refractivity contribution in [2.24, 2.45) is 0 Å². The van der Waals surface area contributed by atoms with Crippen molar-refractivity contribution < 1.29 is 22.3 Å². The summed E-state index contributed by atoms with van der Waals surface area (Å²) in [5, 5.41) is 0.404. The normalized spacial score (nSPS) is 11.3. The Morgan fingerprint density at radius 1 is 1.23 bits per heavy atom. The standard InChI is InChI=1S/C16H14FN3O4S2/c1-24-11-4-7-13-14(8-11)25-16(18-13)20-19-15(21)9-26(22,23)12-5-2-10(17)3-6-12/h2-8H,9H2,1H3,(H,18,20)(H,19,21). The Balaban J connectivity index is 1.64. The van der Waals surface area contributed by atoms with E-state index in [0.29, 0.717) is 16.4 Å². The van der Waals surface area contributed by atoms with E-state index in [1.54, 1.807) is 25.3 Å². The van der Waals surface area contributed by atoms with Gasteiger partial charge in [0.15, 0.2) is 9.84 Å². The largest absolute Gasteiger partial charge is 0.497 e. The first kappa shape index (κ1) is 18.1. The highest BCUT2D eigenvalue weighted by Gasteiger charge is 2.19. The highest BCUT2D eigenvalue weighted by molar-refractivity contribution is 7.92. The third-order valence-corrected chi connectivity index (χ3v) is 5.96. The fraction of sp³-hybridized carbons (Fsp3) is 0.125. The van der Waals surface area contributed by atoms with Gasteiger partial charge in [-0.15, -0.1) is 0 Å². The number of hydrazine groups is 1. The van der Waals surface area contributed by atoms with Crippen molar-refractivity contribution in [1.82, 2.24) is 10.4 Å². The molecule has 136 valence electrons. The van der Waals surface area contributed by atoms with Crippen LogP contribution < -0.4 is 15.6 Å². The average molecular weight is 395 g/mol. The molecule has 0 aliphatic heterocycles. The van der Waals surface area contributed by atoms with Crippen molar-refractivity contribution in [3.05, 3.63) is 48.3 Å². The average Bonchev–Trinajstić information content (AvgIpc) is 3.02. The molecule has 0 bridgehead atoms. The zero-order valence-electron chi connectivity index (χ0n) is 13.5. The van der Waals surface area contributed by atoms with Gasteiger partial charge < -0.3 is 4.74 Å². The van der Waals surface area contributed by atoms with Crippen LogP contribution >= 0.6 is 11.3 Å². The summed E-state index contributed by atoms with van der Waals surface area (Å²) in [4.78, 5) is 16.1. The summed E-state index contributed by atoms with van der Waals surface area (Å²) in [6.07, 6.45) is 0. The van der Waals surface area contributed by atoms with E-state index in [-0.39, 0.29) is 4.90 Å². The van der Waals surface area contributed by atoms with Crippen molar-refractivity contribution >= 4 is 42.4 Å². The van der Waals surface area contributed by atoms with Gasteiger partial charge in [0.1, 0.15) is 17.3 Å². The molecule has 1 aromatic heterocycles. The number of halogens is 1. The fourth-order valence-corrected chi connectivity index (χ4v) is 4.12. The van der Waals surface area contributed by atoms with E-state index in [0.717, 1.165) is 29.0 Å². The van der Waals surface area contributed by atoms with Gasteiger partial charge in [-0.2, -0.15) is 0 Å². The zero-order valence-corrected chi connectivity index (χ0v) is 15.2. The quantitative estimate of drug-likeness (QED) is 0.491. The topological polar surface area (TPSA) is 97.4 Å². The molecule has 0 saturated heterocycles. The Hall–Kier alpha value is -2.72. The molecule has 2 aromatic carbocycles.